The van der Waals surface area contributed by atoms with Crippen LogP contribution in [0.25, 0.3) is 0 Å². The van der Waals surface area contributed by atoms with E-state index >= 15 is 0 Å². The van der Waals surface area contributed by atoms with E-state index in [1.807, 2.05) is 0 Å². The van der Waals surface area contributed by atoms with Crippen LogP contribution in [0.1, 0.15) is 17.5 Å². The van der Waals surface area contributed by atoms with Gasteiger partial charge in [0.25, 0.3) is 0 Å². The van der Waals surface area contributed by atoms with Crippen molar-refractivity contribution in [3.05, 3.63) is 29.3 Å². The monoisotopic (exact) mass is 354 g/mol. The maximum atomic E-state index is 13.0. The molecule has 1 aromatic carbocycles. The Kier molecular flexibility index (Phi) is 4.70. The van der Waals surface area contributed by atoms with Gasteiger partial charge in [-0.05, 0) is 24.6 Å². The van der Waals surface area contributed by atoms with Crippen LogP contribution in [0.4, 0.5) is 32.0 Å². The molecule has 132 valence electrons. The molecule has 1 aliphatic heterocycles. The van der Waals surface area contributed by atoms with E-state index in [0.29, 0.717) is 6.07 Å². The van der Waals surface area contributed by atoms with Crippen LogP contribution in [-0.4, -0.2) is 41.2 Å². The van der Waals surface area contributed by atoms with E-state index in [0.717, 1.165) is 17.0 Å². The fraction of sp³-hybridized carbons (Fsp3) is 0.500. The molecule has 3 atom stereocenters. The van der Waals surface area contributed by atoms with Crippen molar-refractivity contribution < 1.29 is 36.6 Å². The summed E-state index contributed by atoms with van der Waals surface area (Å²) >= 11 is 0. The molecule has 0 aliphatic carbocycles. The molecule has 0 radical (unpaired) electrons. The Morgan fingerprint density at radius 2 is 1.83 bits per heavy atom. The molecule has 0 bridgehead atoms. The first-order chi connectivity index (χ1) is 10.9. The van der Waals surface area contributed by atoms with Gasteiger partial charge in [0, 0.05) is 12.2 Å². The summed E-state index contributed by atoms with van der Waals surface area (Å²) in [6, 6.07) is 2.21. The third kappa shape index (κ3) is 3.57. The van der Waals surface area contributed by atoms with Gasteiger partial charge in [-0.15, -0.1) is 0 Å². The average Bonchev–Trinajstić information content (AvgIpc) is 2.85. The number of alkyl halides is 6. The van der Waals surface area contributed by atoms with Gasteiger partial charge in [-0.2, -0.15) is 31.6 Å². The highest BCUT2D eigenvalue weighted by molar-refractivity contribution is 5.56. The molecule has 1 aliphatic rings. The smallest absolute Gasteiger partial charge is 0.391 e. The van der Waals surface area contributed by atoms with Crippen molar-refractivity contribution in [2.24, 2.45) is 0 Å². The Balaban J connectivity index is 2.44. The van der Waals surface area contributed by atoms with Crippen LogP contribution in [0.2, 0.25) is 0 Å². The number of hydrogen-bond donors (Lipinski definition) is 2. The highest BCUT2D eigenvalue weighted by atomic mass is 19.4. The molecule has 3 unspecified atom stereocenters. The number of anilines is 1. The predicted octanol–water partition coefficient (Wildman–Crippen LogP) is 2.44. The van der Waals surface area contributed by atoms with Crippen LogP contribution in [-0.2, 0) is 6.18 Å². The van der Waals surface area contributed by atoms with Crippen molar-refractivity contribution in [3.63, 3.8) is 0 Å². The van der Waals surface area contributed by atoms with E-state index in [2.05, 4.69) is 0 Å². The zero-order valence-corrected chi connectivity index (χ0v) is 11.9. The fourth-order valence-corrected chi connectivity index (χ4v) is 2.70. The van der Waals surface area contributed by atoms with Crippen molar-refractivity contribution in [2.45, 2.75) is 37.0 Å². The zero-order valence-electron chi connectivity index (χ0n) is 11.9. The summed E-state index contributed by atoms with van der Waals surface area (Å²) in [6.45, 7) is -0.360. The summed E-state index contributed by atoms with van der Waals surface area (Å²) in [6.07, 6.45) is -14.3. The average molecular weight is 354 g/mol. The summed E-state index contributed by atoms with van der Waals surface area (Å²) in [4.78, 5) is 0.874. The molecule has 2 rings (SSSR count). The number of nitrogens with zero attached hydrogens (tertiary/aromatic N) is 2. The molecule has 0 aromatic heterocycles. The molecular formula is C14H12F6N2O2. The minimum absolute atomic E-state index is 0.258. The van der Waals surface area contributed by atoms with Crippen LogP contribution in [0, 0.1) is 11.3 Å². The molecule has 1 aromatic rings. The van der Waals surface area contributed by atoms with E-state index in [9.17, 15) is 36.6 Å². The topological polar surface area (TPSA) is 67.5 Å². The first kappa shape index (κ1) is 18.4. The minimum Gasteiger partial charge on any atom is -0.391 e. The Morgan fingerprint density at radius 1 is 1.21 bits per heavy atom. The Labute approximate surface area is 132 Å². The molecule has 0 saturated carbocycles. The number of rotatable bonds is 2. The highest BCUT2D eigenvalue weighted by Crippen LogP contribution is 2.38. The number of aliphatic hydroxyl groups excluding tert-OH is 2. The standard InChI is InChI=1S/C14H12F6N2O2/c15-13(16,17)10-3-8(2-1-7(10)5-21)22-6-9(23)4-11(22)12(24)14(18,19)20/h1-3,9,11-12,23-24H,4,6H2. The van der Waals surface area contributed by atoms with Gasteiger partial charge in [0.2, 0.25) is 0 Å². The second-order valence-electron chi connectivity index (χ2n) is 5.44. The van der Waals surface area contributed by atoms with E-state index in [4.69, 9.17) is 5.26 Å². The summed E-state index contributed by atoms with van der Waals surface area (Å²) < 4.78 is 77.1. The lowest BCUT2D eigenvalue weighted by Crippen LogP contribution is -2.47. The van der Waals surface area contributed by atoms with Crippen LogP contribution in [0.3, 0.4) is 0 Å². The number of aliphatic hydroxyl groups is 2. The van der Waals surface area contributed by atoms with E-state index in [1.54, 1.807) is 0 Å². The number of nitriles is 1. The van der Waals surface area contributed by atoms with Crippen LogP contribution >= 0.6 is 0 Å². The van der Waals surface area contributed by atoms with Gasteiger partial charge in [0.1, 0.15) is 0 Å². The van der Waals surface area contributed by atoms with Gasteiger partial charge in [0.05, 0.1) is 29.3 Å². The van der Waals surface area contributed by atoms with E-state index in [-0.39, 0.29) is 12.2 Å². The normalized spacial score (nSPS) is 23.2. The molecule has 24 heavy (non-hydrogen) atoms. The molecule has 1 fully saturated rings. The summed E-state index contributed by atoms with van der Waals surface area (Å²) in [5, 5.41) is 27.7. The van der Waals surface area contributed by atoms with Crippen LogP contribution < -0.4 is 4.90 Å². The van der Waals surface area contributed by atoms with E-state index < -0.39 is 48.2 Å². The van der Waals surface area contributed by atoms with Crippen molar-refractivity contribution in [3.8, 4) is 6.07 Å². The summed E-state index contributed by atoms with van der Waals surface area (Å²) in [5.41, 5.74) is -2.21. The summed E-state index contributed by atoms with van der Waals surface area (Å²) in [5.74, 6) is 0. The lowest BCUT2D eigenvalue weighted by molar-refractivity contribution is -0.209. The number of halogens is 6. The van der Waals surface area contributed by atoms with Crippen LogP contribution in [0.15, 0.2) is 18.2 Å². The largest absolute Gasteiger partial charge is 0.417 e. The second kappa shape index (κ2) is 6.14. The second-order valence-corrected chi connectivity index (χ2v) is 5.44. The van der Waals surface area contributed by atoms with E-state index in [1.165, 1.54) is 6.07 Å². The minimum atomic E-state index is -4.98. The lowest BCUT2D eigenvalue weighted by atomic mass is 10.0. The maximum absolute atomic E-state index is 13.0. The SMILES string of the molecule is N#Cc1ccc(N2CC(O)CC2C(O)C(F)(F)F)cc1C(F)(F)F. The first-order valence-electron chi connectivity index (χ1n) is 6.76. The maximum Gasteiger partial charge on any atom is 0.417 e. The number of hydrogen-bond acceptors (Lipinski definition) is 4. The van der Waals surface area contributed by atoms with Gasteiger partial charge < -0.3 is 15.1 Å². The Hall–Kier alpha value is -1.99. The molecule has 2 N–H and O–H groups in total. The highest BCUT2D eigenvalue weighted by Gasteiger charge is 2.49. The van der Waals surface area contributed by atoms with Crippen molar-refractivity contribution in [1.82, 2.24) is 0 Å². The number of β-amino-alcohol motifs (C(OH)–C–C–N with tert-alkyl or cyclic N) is 1. The quantitative estimate of drug-likeness (QED) is 0.801. The summed E-state index contributed by atoms with van der Waals surface area (Å²) in [7, 11) is 0. The van der Waals surface area contributed by atoms with Gasteiger partial charge in [-0.3, -0.25) is 0 Å². The third-order valence-electron chi connectivity index (χ3n) is 3.78. The van der Waals surface area contributed by atoms with Gasteiger partial charge in [-0.1, -0.05) is 0 Å². The molecule has 0 spiro atoms. The van der Waals surface area contributed by atoms with Crippen LogP contribution in [0.5, 0.6) is 0 Å². The molecule has 1 saturated heterocycles. The molecular weight excluding hydrogens is 342 g/mol. The first-order valence-corrected chi connectivity index (χ1v) is 6.76. The zero-order chi connectivity index (χ0) is 18.3. The molecule has 0 amide bonds. The molecule has 4 nitrogen and oxygen atoms in total. The third-order valence-corrected chi connectivity index (χ3v) is 3.78. The fourth-order valence-electron chi connectivity index (χ4n) is 2.70. The molecule has 1 heterocycles. The Bertz CT molecular complexity index is 652. The van der Waals surface area contributed by atoms with Gasteiger partial charge in [0.15, 0.2) is 6.10 Å². The Morgan fingerprint density at radius 3 is 2.33 bits per heavy atom. The van der Waals surface area contributed by atoms with Crippen molar-refractivity contribution in [2.75, 3.05) is 11.4 Å². The lowest BCUT2D eigenvalue weighted by Gasteiger charge is -2.31. The van der Waals surface area contributed by atoms with Crippen molar-refractivity contribution >= 4 is 5.69 Å². The molecule has 10 heteroatoms. The van der Waals surface area contributed by atoms with Crippen molar-refractivity contribution in [1.29, 1.82) is 5.26 Å². The predicted molar refractivity (Wildman–Crippen MR) is 70.0 cm³/mol. The van der Waals surface area contributed by atoms with Gasteiger partial charge >= 0.3 is 12.4 Å². The van der Waals surface area contributed by atoms with Gasteiger partial charge in [-0.25, -0.2) is 0 Å². The number of benzene rings is 1.